The summed E-state index contributed by atoms with van der Waals surface area (Å²) < 4.78 is 11.1. The molecule has 0 spiro atoms. The summed E-state index contributed by atoms with van der Waals surface area (Å²) in [6.07, 6.45) is -0.511. The van der Waals surface area contributed by atoms with Crippen molar-refractivity contribution in [3.05, 3.63) is 59.7 Å². The first kappa shape index (κ1) is 14.9. The van der Waals surface area contributed by atoms with Crippen LogP contribution < -0.4 is 9.47 Å². The van der Waals surface area contributed by atoms with Gasteiger partial charge in [-0.05, 0) is 48.9 Å². The first-order valence-corrected chi connectivity index (χ1v) is 6.73. The predicted molar refractivity (Wildman–Crippen MR) is 79.2 cm³/mol. The number of aliphatic hydroxyl groups is 1. The molecule has 2 rings (SSSR count). The maximum atomic E-state index is 9.51. The zero-order valence-electron chi connectivity index (χ0n) is 11.8. The molecule has 0 aliphatic rings. The zero-order valence-corrected chi connectivity index (χ0v) is 11.8. The Morgan fingerprint density at radius 1 is 1.05 bits per heavy atom. The number of nitriles is 1. The van der Waals surface area contributed by atoms with Crippen LogP contribution >= 0.6 is 0 Å². The van der Waals surface area contributed by atoms with Gasteiger partial charge in [0.2, 0.25) is 0 Å². The van der Waals surface area contributed by atoms with E-state index in [1.165, 1.54) is 0 Å². The van der Waals surface area contributed by atoms with Gasteiger partial charge in [0.15, 0.2) is 0 Å². The molecule has 0 amide bonds. The zero-order chi connectivity index (χ0) is 15.1. The Bertz CT molecular complexity index is 615. The van der Waals surface area contributed by atoms with Gasteiger partial charge in [-0.2, -0.15) is 5.26 Å². The van der Waals surface area contributed by atoms with Crippen molar-refractivity contribution in [3.8, 4) is 17.6 Å². The van der Waals surface area contributed by atoms with Crippen molar-refractivity contribution < 1.29 is 14.6 Å². The molecule has 0 saturated heterocycles. The minimum atomic E-state index is -0.511. The van der Waals surface area contributed by atoms with Crippen LogP contribution in [0.25, 0.3) is 0 Å². The lowest BCUT2D eigenvalue weighted by Gasteiger charge is -2.10. The van der Waals surface area contributed by atoms with E-state index in [-0.39, 0.29) is 0 Å². The molecule has 0 aliphatic heterocycles. The van der Waals surface area contributed by atoms with Crippen LogP contribution in [0.3, 0.4) is 0 Å². The summed E-state index contributed by atoms with van der Waals surface area (Å²) in [5.74, 6) is 1.41. The van der Waals surface area contributed by atoms with Crippen LogP contribution in [0.5, 0.6) is 11.5 Å². The second-order valence-electron chi connectivity index (χ2n) is 4.58. The Labute approximate surface area is 124 Å². The van der Waals surface area contributed by atoms with E-state index < -0.39 is 6.10 Å². The lowest BCUT2D eigenvalue weighted by atomic mass is 10.1. The summed E-state index contributed by atoms with van der Waals surface area (Å²) in [4.78, 5) is 0. The summed E-state index contributed by atoms with van der Waals surface area (Å²) in [6, 6.07) is 16.3. The Morgan fingerprint density at radius 2 is 1.71 bits per heavy atom. The van der Waals surface area contributed by atoms with Crippen molar-refractivity contribution in [2.75, 3.05) is 13.2 Å². The van der Waals surface area contributed by atoms with E-state index in [1.54, 1.807) is 31.2 Å². The number of nitrogens with zero attached hydrogens (tertiary/aromatic N) is 1. The molecule has 0 heterocycles. The quantitative estimate of drug-likeness (QED) is 0.828. The van der Waals surface area contributed by atoms with Crippen molar-refractivity contribution >= 4 is 0 Å². The van der Waals surface area contributed by atoms with Crippen molar-refractivity contribution in [2.45, 2.75) is 13.0 Å². The fourth-order valence-corrected chi connectivity index (χ4v) is 1.81. The highest BCUT2D eigenvalue weighted by molar-refractivity contribution is 5.34. The largest absolute Gasteiger partial charge is 0.490 e. The Hall–Kier alpha value is -2.51. The van der Waals surface area contributed by atoms with Gasteiger partial charge in [-0.25, -0.2) is 0 Å². The van der Waals surface area contributed by atoms with Crippen LogP contribution in [0.4, 0.5) is 0 Å². The molecular weight excluding hydrogens is 266 g/mol. The number of hydrogen-bond donors (Lipinski definition) is 1. The van der Waals surface area contributed by atoms with Crippen LogP contribution in [0, 0.1) is 11.3 Å². The van der Waals surface area contributed by atoms with Gasteiger partial charge in [-0.15, -0.1) is 0 Å². The number of ether oxygens (including phenoxy) is 2. The maximum Gasteiger partial charge on any atom is 0.122 e. The van der Waals surface area contributed by atoms with E-state index in [0.717, 1.165) is 5.56 Å². The normalized spacial score (nSPS) is 11.5. The highest BCUT2D eigenvalue weighted by Crippen LogP contribution is 2.18. The molecule has 0 aromatic heterocycles. The number of benzene rings is 2. The molecule has 21 heavy (non-hydrogen) atoms. The molecule has 108 valence electrons. The molecule has 0 unspecified atom stereocenters. The summed E-state index contributed by atoms with van der Waals surface area (Å²) in [6.45, 7) is 2.53. The third-order valence-electron chi connectivity index (χ3n) is 2.94. The maximum absolute atomic E-state index is 9.51. The summed E-state index contributed by atoms with van der Waals surface area (Å²) in [7, 11) is 0. The van der Waals surface area contributed by atoms with Crippen molar-refractivity contribution in [1.82, 2.24) is 0 Å². The van der Waals surface area contributed by atoms with E-state index >= 15 is 0 Å². The van der Waals surface area contributed by atoms with E-state index in [2.05, 4.69) is 6.07 Å². The van der Waals surface area contributed by atoms with Gasteiger partial charge in [-0.3, -0.25) is 0 Å². The molecule has 1 N–H and O–H groups in total. The Kier molecular flexibility index (Phi) is 5.19. The van der Waals surface area contributed by atoms with Crippen molar-refractivity contribution in [2.24, 2.45) is 0 Å². The average molecular weight is 283 g/mol. The molecule has 4 heteroatoms. The Morgan fingerprint density at radius 3 is 2.33 bits per heavy atom. The van der Waals surface area contributed by atoms with E-state index in [9.17, 15) is 5.11 Å². The lowest BCUT2D eigenvalue weighted by molar-refractivity contribution is 0.196. The molecule has 2 aromatic rings. The molecule has 4 nitrogen and oxygen atoms in total. The topological polar surface area (TPSA) is 62.5 Å². The van der Waals surface area contributed by atoms with Gasteiger partial charge in [0.05, 0.1) is 17.7 Å². The van der Waals surface area contributed by atoms with Crippen LogP contribution in [0.2, 0.25) is 0 Å². The summed E-state index contributed by atoms with van der Waals surface area (Å²) in [5.41, 5.74) is 1.43. The van der Waals surface area contributed by atoms with E-state index in [1.807, 2.05) is 24.3 Å². The molecule has 1 atom stereocenters. The standard InChI is InChI=1S/C17H17NO3/c1-13(19)15-3-2-4-17(11-15)21-10-9-20-16-7-5-14(12-18)6-8-16/h2-8,11,13,19H,9-10H2,1H3/t13-/m0/s1. The van der Waals surface area contributed by atoms with Crippen molar-refractivity contribution in [1.29, 1.82) is 5.26 Å². The second kappa shape index (κ2) is 7.32. The smallest absolute Gasteiger partial charge is 0.122 e. The van der Waals surface area contributed by atoms with E-state index in [4.69, 9.17) is 14.7 Å². The molecule has 0 saturated carbocycles. The monoisotopic (exact) mass is 283 g/mol. The average Bonchev–Trinajstić information content (AvgIpc) is 2.52. The molecular formula is C17H17NO3. The van der Waals surface area contributed by atoms with Gasteiger partial charge in [-0.1, -0.05) is 12.1 Å². The first-order chi connectivity index (χ1) is 10.2. The number of hydrogen-bond acceptors (Lipinski definition) is 4. The fraction of sp³-hybridized carbons (Fsp3) is 0.235. The number of aliphatic hydroxyl groups excluding tert-OH is 1. The van der Waals surface area contributed by atoms with Gasteiger partial charge in [0, 0.05) is 0 Å². The number of rotatable bonds is 6. The predicted octanol–water partition coefficient (Wildman–Crippen LogP) is 3.07. The van der Waals surface area contributed by atoms with Crippen LogP contribution in [-0.2, 0) is 0 Å². The van der Waals surface area contributed by atoms with Crippen LogP contribution in [0.15, 0.2) is 48.5 Å². The molecule has 0 fully saturated rings. The van der Waals surface area contributed by atoms with Gasteiger partial charge < -0.3 is 14.6 Å². The minimum Gasteiger partial charge on any atom is -0.490 e. The summed E-state index contributed by atoms with van der Waals surface area (Å²) >= 11 is 0. The molecule has 0 bridgehead atoms. The third-order valence-corrected chi connectivity index (χ3v) is 2.94. The molecule has 2 aromatic carbocycles. The van der Waals surface area contributed by atoms with Crippen LogP contribution in [-0.4, -0.2) is 18.3 Å². The van der Waals surface area contributed by atoms with Crippen LogP contribution in [0.1, 0.15) is 24.2 Å². The highest BCUT2D eigenvalue weighted by atomic mass is 16.5. The van der Waals surface area contributed by atoms with Gasteiger partial charge in [0.1, 0.15) is 24.7 Å². The third kappa shape index (κ3) is 4.51. The van der Waals surface area contributed by atoms with Crippen molar-refractivity contribution in [3.63, 3.8) is 0 Å². The SMILES string of the molecule is C[C@H](O)c1cccc(OCCOc2ccc(C#N)cc2)c1. The van der Waals surface area contributed by atoms with E-state index in [0.29, 0.717) is 30.3 Å². The fourth-order valence-electron chi connectivity index (χ4n) is 1.81. The minimum absolute atomic E-state index is 0.406. The molecule has 0 aliphatic carbocycles. The molecule has 0 radical (unpaired) electrons. The summed E-state index contributed by atoms with van der Waals surface area (Å²) in [5, 5.41) is 18.2. The Balaban J connectivity index is 1.79. The van der Waals surface area contributed by atoms with Gasteiger partial charge >= 0.3 is 0 Å². The van der Waals surface area contributed by atoms with Gasteiger partial charge in [0.25, 0.3) is 0 Å². The lowest BCUT2D eigenvalue weighted by Crippen LogP contribution is -2.09. The highest BCUT2D eigenvalue weighted by Gasteiger charge is 2.02. The second-order valence-corrected chi connectivity index (χ2v) is 4.58. The first-order valence-electron chi connectivity index (χ1n) is 6.73.